The third-order valence-electron chi connectivity index (χ3n) is 8.90. The van der Waals surface area contributed by atoms with Crippen LogP contribution in [0.5, 0.6) is 0 Å². The quantitative estimate of drug-likeness (QED) is 0.173. The van der Waals surface area contributed by atoms with Crippen LogP contribution in [0.4, 0.5) is 17.1 Å². The Morgan fingerprint density at radius 1 is 0.429 bits per heavy atom. The summed E-state index contributed by atoms with van der Waals surface area (Å²) in [5, 5.41) is 2.46. The molecule has 0 bridgehead atoms. The highest BCUT2D eigenvalue weighted by atomic mass is 32.1. The van der Waals surface area contributed by atoms with Gasteiger partial charge in [0.15, 0.2) is 0 Å². The first kappa shape index (κ1) is 31.9. The lowest BCUT2D eigenvalue weighted by Gasteiger charge is -2.27. The van der Waals surface area contributed by atoms with Crippen molar-refractivity contribution in [3.05, 3.63) is 199 Å². The van der Waals surface area contributed by atoms with E-state index in [-0.39, 0.29) is 0 Å². The molecule has 0 N–H and O–H groups in total. The fourth-order valence-electron chi connectivity index (χ4n) is 6.29. The number of nitrogens with zero attached hydrogens (tertiary/aromatic N) is 1. The van der Waals surface area contributed by atoms with Gasteiger partial charge in [-0.25, -0.2) is 0 Å². The Morgan fingerprint density at radius 3 is 1.63 bits per heavy atom. The van der Waals surface area contributed by atoms with Crippen molar-refractivity contribution in [1.82, 2.24) is 0 Å². The van der Waals surface area contributed by atoms with Crippen LogP contribution in [0.1, 0.15) is 16.7 Å². The summed E-state index contributed by atoms with van der Waals surface area (Å²) in [6.07, 6.45) is 0. The van der Waals surface area contributed by atoms with Gasteiger partial charge in [-0.05, 0) is 95.9 Å². The molecule has 8 rings (SSSR count). The van der Waals surface area contributed by atoms with Gasteiger partial charge in [0, 0.05) is 26.5 Å². The number of aryl methyl sites for hydroxylation is 3. The van der Waals surface area contributed by atoms with Crippen LogP contribution < -0.4 is 4.90 Å². The molecule has 1 heterocycles. The van der Waals surface area contributed by atoms with Crippen molar-refractivity contribution in [3.8, 4) is 32.0 Å². The second kappa shape index (κ2) is 14.6. The maximum absolute atomic E-state index is 2.37. The van der Waals surface area contributed by atoms with Crippen LogP contribution in [-0.2, 0) is 0 Å². The Balaban J connectivity index is 0.000000483. The molecule has 0 radical (unpaired) electrons. The van der Waals surface area contributed by atoms with Gasteiger partial charge in [0.25, 0.3) is 0 Å². The largest absolute Gasteiger partial charge is 0.310 e. The lowest BCUT2D eigenvalue weighted by Crippen LogP contribution is -2.10. The zero-order chi connectivity index (χ0) is 33.6. The van der Waals surface area contributed by atoms with Crippen molar-refractivity contribution in [2.75, 3.05) is 4.90 Å². The van der Waals surface area contributed by atoms with Crippen LogP contribution in [-0.4, -0.2) is 0 Å². The molecule has 238 valence electrons. The molecule has 8 aromatic rings. The van der Waals surface area contributed by atoms with Gasteiger partial charge in [0.1, 0.15) is 0 Å². The number of rotatable bonds is 6. The topological polar surface area (TPSA) is 3.24 Å². The highest BCUT2D eigenvalue weighted by molar-refractivity contribution is 7.19. The highest BCUT2D eigenvalue weighted by Crippen LogP contribution is 2.42. The van der Waals surface area contributed by atoms with Crippen molar-refractivity contribution in [3.63, 3.8) is 0 Å². The summed E-state index contributed by atoms with van der Waals surface area (Å²) in [7, 11) is 0. The Hall–Kier alpha value is -5.70. The smallest absolute Gasteiger partial charge is 0.0540 e. The van der Waals surface area contributed by atoms with E-state index in [1.54, 1.807) is 0 Å². The summed E-state index contributed by atoms with van der Waals surface area (Å²) in [6, 6.07) is 64.9. The van der Waals surface area contributed by atoms with E-state index < -0.39 is 0 Å². The summed E-state index contributed by atoms with van der Waals surface area (Å²) >= 11 is 1.87. The summed E-state index contributed by atoms with van der Waals surface area (Å²) in [5.41, 5.74) is 12.4. The number of fused-ring (bicyclic) bond motifs is 1. The van der Waals surface area contributed by atoms with Gasteiger partial charge >= 0.3 is 0 Å². The normalized spacial score (nSPS) is 10.8. The number of anilines is 3. The highest BCUT2D eigenvalue weighted by Gasteiger charge is 2.17. The fourth-order valence-corrected chi connectivity index (χ4v) is 7.56. The molecular weight excluding hydrogens is 611 g/mol. The summed E-state index contributed by atoms with van der Waals surface area (Å²) < 4.78 is 0. The molecule has 0 spiro atoms. The van der Waals surface area contributed by atoms with Crippen molar-refractivity contribution in [2.24, 2.45) is 0 Å². The molecule has 0 aliphatic heterocycles. The number of hydrogen-bond donors (Lipinski definition) is 0. The average molecular weight is 650 g/mol. The first-order valence-corrected chi connectivity index (χ1v) is 17.6. The third-order valence-corrected chi connectivity index (χ3v) is 10.2. The van der Waals surface area contributed by atoms with Gasteiger partial charge in [-0.1, -0.05) is 151 Å². The first-order valence-electron chi connectivity index (χ1n) is 16.8. The Morgan fingerprint density at radius 2 is 0.980 bits per heavy atom. The lowest BCUT2D eigenvalue weighted by atomic mass is 10.0. The van der Waals surface area contributed by atoms with E-state index in [4.69, 9.17) is 0 Å². The molecule has 7 aromatic carbocycles. The third kappa shape index (κ3) is 7.11. The number of hydrogen-bond acceptors (Lipinski definition) is 2. The SMILES string of the molecule is Cc1ccccc1.Cc1ccccc1-c1sc(-c2ccc(N(c3ccc(-c4ccccc4)cc3)c3cccc4ccccc34)cc2)cc1C. The second-order valence-electron chi connectivity index (χ2n) is 12.4. The monoisotopic (exact) mass is 649 g/mol. The molecule has 0 unspecified atom stereocenters. The molecule has 49 heavy (non-hydrogen) atoms. The number of thiophene rings is 1. The molecule has 1 nitrogen and oxygen atoms in total. The molecule has 0 aliphatic carbocycles. The molecule has 0 saturated heterocycles. The van der Waals surface area contributed by atoms with Crippen molar-refractivity contribution in [1.29, 1.82) is 0 Å². The van der Waals surface area contributed by atoms with Crippen molar-refractivity contribution < 1.29 is 0 Å². The predicted molar refractivity (Wildman–Crippen MR) is 213 cm³/mol. The molecule has 0 aliphatic rings. The van der Waals surface area contributed by atoms with E-state index in [9.17, 15) is 0 Å². The van der Waals surface area contributed by atoms with E-state index in [2.05, 4.69) is 189 Å². The predicted octanol–water partition coefficient (Wildman–Crippen LogP) is 14.0. The molecule has 2 heteroatoms. The minimum Gasteiger partial charge on any atom is -0.310 e. The average Bonchev–Trinajstić information content (AvgIpc) is 3.54. The van der Waals surface area contributed by atoms with E-state index in [0.717, 1.165) is 11.4 Å². The molecule has 0 fully saturated rings. The zero-order valence-corrected chi connectivity index (χ0v) is 29.0. The maximum atomic E-state index is 2.37. The summed E-state index contributed by atoms with van der Waals surface area (Å²) in [5.74, 6) is 0. The van der Waals surface area contributed by atoms with Gasteiger partial charge < -0.3 is 4.90 Å². The van der Waals surface area contributed by atoms with Crippen LogP contribution >= 0.6 is 11.3 Å². The zero-order valence-electron chi connectivity index (χ0n) is 28.2. The van der Waals surface area contributed by atoms with Crippen LogP contribution in [0.2, 0.25) is 0 Å². The Labute approximate surface area is 294 Å². The molecule has 1 aromatic heterocycles. The van der Waals surface area contributed by atoms with E-state index in [1.165, 1.54) is 65.2 Å². The minimum atomic E-state index is 1.13. The molecule has 0 saturated carbocycles. The van der Waals surface area contributed by atoms with E-state index in [0.29, 0.717) is 0 Å². The Kier molecular flexibility index (Phi) is 9.50. The van der Waals surface area contributed by atoms with Gasteiger partial charge in [-0.3, -0.25) is 0 Å². The molecule has 0 atom stereocenters. The maximum Gasteiger partial charge on any atom is 0.0540 e. The minimum absolute atomic E-state index is 1.13. The van der Waals surface area contributed by atoms with Gasteiger partial charge in [-0.15, -0.1) is 11.3 Å². The van der Waals surface area contributed by atoms with Gasteiger partial charge in [-0.2, -0.15) is 0 Å². The molecular formula is C47H39NS. The van der Waals surface area contributed by atoms with Gasteiger partial charge in [0.05, 0.1) is 5.69 Å². The van der Waals surface area contributed by atoms with Crippen molar-refractivity contribution >= 4 is 39.2 Å². The van der Waals surface area contributed by atoms with Crippen LogP contribution in [0.25, 0.3) is 42.8 Å². The lowest BCUT2D eigenvalue weighted by molar-refractivity contribution is 1.30. The second-order valence-corrected chi connectivity index (χ2v) is 13.4. The van der Waals surface area contributed by atoms with Crippen molar-refractivity contribution in [2.45, 2.75) is 20.8 Å². The van der Waals surface area contributed by atoms with E-state index in [1.807, 2.05) is 29.5 Å². The van der Waals surface area contributed by atoms with Crippen LogP contribution in [0.15, 0.2) is 182 Å². The standard InChI is InChI=1S/C40H31NS.C7H8/c1-28-11-6-8-16-36(28)40-29(2)27-39(42-40)33-21-25-35(26-22-33)41(38-18-10-15-32-14-7-9-17-37(32)38)34-23-19-31(20-24-34)30-12-4-3-5-13-30;1-7-5-3-2-4-6-7/h3-27H,1-2H3;2-6H,1H3. The molecule has 0 amide bonds. The first-order chi connectivity index (χ1) is 24.0. The Bertz CT molecular complexity index is 2280. The fraction of sp³-hybridized carbons (Fsp3) is 0.0638. The summed E-state index contributed by atoms with van der Waals surface area (Å²) in [4.78, 5) is 5.02. The van der Waals surface area contributed by atoms with Crippen LogP contribution in [0, 0.1) is 20.8 Å². The van der Waals surface area contributed by atoms with E-state index >= 15 is 0 Å². The number of benzene rings is 7. The van der Waals surface area contributed by atoms with Gasteiger partial charge in [0.2, 0.25) is 0 Å². The summed E-state index contributed by atoms with van der Waals surface area (Å²) in [6.45, 7) is 6.49. The van der Waals surface area contributed by atoms with Crippen LogP contribution in [0.3, 0.4) is 0 Å².